The number of carbonyl (C=O) groups excluding carboxylic acids is 2. The second-order valence-corrected chi connectivity index (χ2v) is 10.9. The smallest absolute Gasteiger partial charge is 0.335 e. The van der Waals surface area contributed by atoms with Gasteiger partial charge in [0.1, 0.15) is 17.2 Å². The van der Waals surface area contributed by atoms with Gasteiger partial charge in [-0.2, -0.15) is 0 Å². The zero-order chi connectivity index (χ0) is 30.8. The molecule has 3 heterocycles. The lowest BCUT2D eigenvalue weighted by molar-refractivity contribution is -0.130. The number of aromatic nitrogens is 1. The summed E-state index contributed by atoms with van der Waals surface area (Å²) < 4.78 is 20.3. The second-order valence-electron chi connectivity index (χ2n) is 10.9. The number of fused-ring (bicyclic) bond motifs is 1. The summed E-state index contributed by atoms with van der Waals surface area (Å²) in [6, 6.07) is 22.3. The van der Waals surface area contributed by atoms with Crippen molar-refractivity contribution in [3.63, 3.8) is 0 Å². The van der Waals surface area contributed by atoms with Gasteiger partial charge in [-0.05, 0) is 53.9 Å². The monoisotopic (exact) mass is 591 g/mol. The van der Waals surface area contributed by atoms with Crippen molar-refractivity contribution in [1.82, 2.24) is 9.88 Å². The van der Waals surface area contributed by atoms with Gasteiger partial charge in [0.05, 0.1) is 12.0 Å². The molecule has 9 heteroatoms. The highest BCUT2D eigenvalue weighted by atomic mass is 19.1. The Bertz CT molecular complexity index is 1870. The highest BCUT2D eigenvalue weighted by Crippen LogP contribution is 2.32. The summed E-state index contributed by atoms with van der Waals surface area (Å²) in [4.78, 5) is 46.0. The molecule has 222 valence electrons. The zero-order valence-electron chi connectivity index (χ0n) is 24.1. The summed E-state index contributed by atoms with van der Waals surface area (Å²) in [6.45, 7) is 4.01. The van der Waals surface area contributed by atoms with Crippen LogP contribution in [0.25, 0.3) is 22.1 Å². The van der Waals surface area contributed by atoms with Crippen molar-refractivity contribution in [2.75, 3.05) is 31.1 Å². The molecular weight excluding hydrogens is 561 g/mol. The van der Waals surface area contributed by atoms with Crippen LogP contribution in [0.3, 0.4) is 0 Å². The van der Waals surface area contributed by atoms with Crippen LogP contribution in [0.5, 0.6) is 0 Å². The standard InChI is InChI=1S/C35H30FN3O5/c1-22-28-19-25(26-7-4-5-9-29(26)36)11-12-31(28)44-34(22)30(40)18-23-10-13-32(37-21-23)38-14-16-39(17-15-38)33(41)20-24-6-2-3-8-27(24)35(42)43/h2-13,19,21H,14-18,20H2,1H3,(H,42,43). The molecule has 44 heavy (non-hydrogen) atoms. The average Bonchev–Trinajstić information content (AvgIpc) is 3.37. The summed E-state index contributed by atoms with van der Waals surface area (Å²) in [5.74, 6) is -0.597. The van der Waals surface area contributed by atoms with Gasteiger partial charge in [-0.3, -0.25) is 9.59 Å². The van der Waals surface area contributed by atoms with E-state index in [2.05, 4.69) is 9.88 Å². The third kappa shape index (κ3) is 5.81. The topological polar surface area (TPSA) is 104 Å². The predicted octanol–water partition coefficient (Wildman–Crippen LogP) is 5.96. The number of halogens is 1. The molecule has 1 aliphatic heterocycles. The molecule has 0 saturated carbocycles. The number of Topliss-reactive ketones (excluding diaryl/α,β-unsaturated/α-hetero) is 1. The molecule has 0 spiro atoms. The summed E-state index contributed by atoms with van der Waals surface area (Å²) in [7, 11) is 0. The predicted molar refractivity (Wildman–Crippen MR) is 165 cm³/mol. The maximum atomic E-state index is 14.3. The third-order valence-corrected chi connectivity index (χ3v) is 8.09. The first-order valence-electron chi connectivity index (χ1n) is 14.4. The normalized spacial score (nSPS) is 13.3. The van der Waals surface area contributed by atoms with Crippen LogP contribution in [0.15, 0.2) is 89.5 Å². The van der Waals surface area contributed by atoms with Gasteiger partial charge in [-0.1, -0.05) is 48.5 Å². The number of furan rings is 1. The Kier molecular flexibility index (Phi) is 7.93. The molecule has 0 aliphatic carbocycles. The van der Waals surface area contributed by atoms with Crippen LogP contribution in [0.4, 0.5) is 10.2 Å². The summed E-state index contributed by atoms with van der Waals surface area (Å²) in [6.07, 6.45) is 1.84. The number of amides is 1. The Morgan fingerprint density at radius 3 is 2.39 bits per heavy atom. The molecule has 1 saturated heterocycles. The lowest BCUT2D eigenvalue weighted by Crippen LogP contribution is -2.49. The van der Waals surface area contributed by atoms with E-state index in [9.17, 15) is 23.9 Å². The summed E-state index contributed by atoms with van der Waals surface area (Å²) in [5.41, 5.74) is 3.89. The van der Waals surface area contributed by atoms with Crippen molar-refractivity contribution in [2.45, 2.75) is 19.8 Å². The number of anilines is 1. The number of nitrogens with zero attached hydrogens (tertiary/aromatic N) is 3. The number of rotatable bonds is 8. The Morgan fingerprint density at radius 1 is 0.909 bits per heavy atom. The SMILES string of the molecule is Cc1c(C(=O)Cc2ccc(N3CCN(C(=O)Cc4ccccc4C(=O)O)CC3)nc2)oc2ccc(-c3ccccc3F)cc12. The van der Waals surface area contributed by atoms with Crippen LogP contribution < -0.4 is 4.90 Å². The van der Waals surface area contributed by atoms with Crippen LogP contribution in [0, 0.1) is 12.7 Å². The molecule has 6 rings (SSSR count). The number of carboxylic acids is 1. The maximum Gasteiger partial charge on any atom is 0.335 e. The highest BCUT2D eigenvalue weighted by molar-refractivity contribution is 6.02. The molecule has 0 unspecified atom stereocenters. The van der Waals surface area contributed by atoms with E-state index in [4.69, 9.17) is 4.42 Å². The number of carboxylic acid groups (broad SMARTS) is 1. The fraction of sp³-hybridized carbons (Fsp3) is 0.200. The minimum absolute atomic E-state index is 0.0426. The Hall–Kier alpha value is -5.31. The first kappa shape index (κ1) is 28.8. The van der Waals surface area contributed by atoms with E-state index in [-0.39, 0.29) is 41.7 Å². The highest BCUT2D eigenvalue weighted by Gasteiger charge is 2.24. The number of hydrogen-bond acceptors (Lipinski definition) is 6. The fourth-order valence-electron chi connectivity index (χ4n) is 5.67. The Balaban J connectivity index is 1.07. The van der Waals surface area contributed by atoms with E-state index in [1.807, 2.05) is 25.1 Å². The van der Waals surface area contributed by atoms with Crippen molar-refractivity contribution >= 4 is 34.4 Å². The average molecular weight is 592 g/mol. The first-order valence-corrected chi connectivity index (χ1v) is 14.4. The maximum absolute atomic E-state index is 14.3. The number of aryl methyl sites for hydroxylation is 1. The van der Waals surface area contributed by atoms with E-state index in [1.165, 1.54) is 12.1 Å². The fourth-order valence-corrected chi connectivity index (χ4v) is 5.67. The quantitative estimate of drug-likeness (QED) is 0.222. The Morgan fingerprint density at radius 2 is 1.66 bits per heavy atom. The second kappa shape index (κ2) is 12.1. The number of benzene rings is 3. The van der Waals surface area contributed by atoms with E-state index < -0.39 is 5.97 Å². The first-order chi connectivity index (χ1) is 21.3. The van der Waals surface area contributed by atoms with Crippen LogP contribution in [0.2, 0.25) is 0 Å². The van der Waals surface area contributed by atoms with Crippen molar-refractivity contribution in [1.29, 1.82) is 0 Å². The van der Waals surface area contributed by atoms with E-state index in [0.717, 1.165) is 16.8 Å². The van der Waals surface area contributed by atoms with Crippen molar-refractivity contribution in [3.05, 3.63) is 119 Å². The molecule has 1 amide bonds. The van der Waals surface area contributed by atoms with Gasteiger partial charge in [0.15, 0.2) is 5.76 Å². The van der Waals surface area contributed by atoms with Gasteiger partial charge < -0.3 is 19.3 Å². The van der Waals surface area contributed by atoms with Gasteiger partial charge in [0, 0.05) is 55.3 Å². The van der Waals surface area contributed by atoms with Crippen molar-refractivity contribution in [3.8, 4) is 11.1 Å². The van der Waals surface area contributed by atoms with Crippen LogP contribution in [-0.2, 0) is 17.6 Å². The molecule has 8 nitrogen and oxygen atoms in total. The van der Waals surface area contributed by atoms with Crippen LogP contribution in [-0.4, -0.2) is 58.8 Å². The van der Waals surface area contributed by atoms with Gasteiger partial charge in [0.25, 0.3) is 0 Å². The lowest BCUT2D eigenvalue weighted by atomic mass is 10.0. The molecule has 2 aromatic heterocycles. The summed E-state index contributed by atoms with van der Waals surface area (Å²) in [5, 5.41) is 10.2. The zero-order valence-corrected chi connectivity index (χ0v) is 24.1. The number of piperazine rings is 1. The van der Waals surface area contributed by atoms with E-state index >= 15 is 0 Å². The van der Waals surface area contributed by atoms with Gasteiger partial charge in [0.2, 0.25) is 11.7 Å². The molecule has 0 radical (unpaired) electrons. The molecule has 0 atom stereocenters. The van der Waals surface area contributed by atoms with Crippen molar-refractivity contribution in [2.24, 2.45) is 0 Å². The van der Waals surface area contributed by atoms with E-state index in [0.29, 0.717) is 54.0 Å². The number of pyridine rings is 1. The number of ketones is 1. The third-order valence-electron chi connectivity index (χ3n) is 8.09. The molecule has 5 aromatic rings. The lowest BCUT2D eigenvalue weighted by Gasteiger charge is -2.35. The number of carbonyl (C=O) groups is 3. The molecule has 1 aliphatic rings. The van der Waals surface area contributed by atoms with Gasteiger partial charge >= 0.3 is 5.97 Å². The number of aromatic carboxylic acids is 1. The van der Waals surface area contributed by atoms with Crippen molar-refractivity contribution < 1.29 is 28.3 Å². The van der Waals surface area contributed by atoms with Gasteiger partial charge in [-0.25, -0.2) is 14.2 Å². The van der Waals surface area contributed by atoms with Crippen LogP contribution in [0.1, 0.15) is 37.6 Å². The minimum Gasteiger partial charge on any atom is -0.478 e. The number of hydrogen-bond donors (Lipinski definition) is 1. The Labute approximate surface area is 253 Å². The largest absolute Gasteiger partial charge is 0.478 e. The molecule has 3 aromatic carbocycles. The molecule has 1 fully saturated rings. The van der Waals surface area contributed by atoms with Crippen LogP contribution >= 0.6 is 0 Å². The molecular formula is C35H30FN3O5. The molecule has 1 N–H and O–H groups in total. The van der Waals surface area contributed by atoms with Gasteiger partial charge in [-0.15, -0.1) is 0 Å². The summed E-state index contributed by atoms with van der Waals surface area (Å²) >= 11 is 0. The van der Waals surface area contributed by atoms with E-state index in [1.54, 1.807) is 59.6 Å². The minimum atomic E-state index is -1.04. The molecule has 0 bridgehead atoms.